The van der Waals surface area contributed by atoms with E-state index < -0.39 is 0 Å². The lowest BCUT2D eigenvalue weighted by atomic mass is 9.85. The van der Waals surface area contributed by atoms with Gasteiger partial charge < -0.3 is 0 Å². The maximum Gasteiger partial charge on any atom is 0.0448 e. The van der Waals surface area contributed by atoms with Crippen molar-refractivity contribution in [3.8, 4) is 33.4 Å². The number of thiophene rings is 2. The molecule has 11 aromatic rings. The molecule has 232 valence electrons. The Morgan fingerprint density at radius 2 is 0.660 bits per heavy atom. The smallest absolute Gasteiger partial charge is 0.0448 e. The second-order valence-electron chi connectivity index (χ2n) is 13.2. The van der Waals surface area contributed by atoms with Crippen molar-refractivity contribution in [1.29, 1.82) is 0 Å². The van der Waals surface area contributed by atoms with E-state index in [1.165, 1.54) is 106 Å². The molecule has 2 heterocycles. The van der Waals surface area contributed by atoms with Crippen molar-refractivity contribution in [3.05, 3.63) is 170 Å². The standard InChI is InChI=1S/C48H28S2/c1-2-12-29(13-3-1)44-36-16-4-6-18-38(36)45(39-19-7-5-17-37(39)44)32-24-22-31-27-33(25-23-30(31)26-32)46-47-40(34-14-8-10-20-42(34)49-47)28-41-35-15-9-11-21-43(35)50-48(41)46/h1-28H. The van der Waals surface area contributed by atoms with Gasteiger partial charge in [0.05, 0.1) is 0 Å². The highest BCUT2D eigenvalue weighted by molar-refractivity contribution is 7.29. The molecule has 0 atom stereocenters. The maximum atomic E-state index is 2.44. The fourth-order valence-electron chi connectivity index (χ4n) is 8.21. The van der Waals surface area contributed by atoms with E-state index in [-0.39, 0.29) is 0 Å². The summed E-state index contributed by atoms with van der Waals surface area (Å²) in [6.45, 7) is 0. The third-order valence-electron chi connectivity index (χ3n) is 10.4. The van der Waals surface area contributed by atoms with E-state index in [1.807, 2.05) is 22.7 Å². The first-order valence-electron chi connectivity index (χ1n) is 17.1. The average molecular weight is 669 g/mol. The zero-order valence-corrected chi connectivity index (χ0v) is 28.6. The Hall–Kier alpha value is -5.80. The van der Waals surface area contributed by atoms with E-state index in [0.29, 0.717) is 0 Å². The van der Waals surface area contributed by atoms with E-state index in [2.05, 4.69) is 170 Å². The van der Waals surface area contributed by atoms with Gasteiger partial charge in [-0.2, -0.15) is 0 Å². The van der Waals surface area contributed by atoms with Crippen molar-refractivity contribution in [1.82, 2.24) is 0 Å². The van der Waals surface area contributed by atoms with Crippen LogP contribution in [0.1, 0.15) is 0 Å². The number of benzene rings is 9. The van der Waals surface area contributed by atoms with Crippen LogP contribution in [0.25, 0.3) is 106 Å². The van der Waals surface area contributed by atoms with Gasteiger partial charge >= 0.3 is 0 Å². The summed E-state index contributed by atoms with van der Waals surface area (Å²) in [5.74, 6) is 0. The number of fused-ring (bicyclic) bond motifs is 9. The fourth-order valence-corrected chi connectivity index (χ4v) is 10.8. The van der Waals surface area contributed by atoms with Crippen LogP contribution in [0, 0.1) is 0 Å². The number of hydrogen-bond donors (Lipinski definition) is 0. The van der Waals surface area contributed by atoms with E-state index >= 15 is 0 Å². The minimum Gasteiger partial charge on any atom is -0.134 e. The second kappa shape index (κ2) is 10.9. The first kappa shape index (κ1) is 28.1. The van der Waals surface area contributed by atoms with Gasteiger partial charge in [0.2, 0.25) is 0 Å². The fraction of sp³-hybridized carbons (Fsp3) is 0. The Balaban J connectivity index is 1.14. The summed E-state index contributed by atoms with van der Waals surface area (Å²) in [7, 11) is 0. The predicted molar refractivity (Wildman–Crippen MR) is 221 cm³/mol. The van der Waals surface area contributed by atoms with Crippen molar-refractivity contribution >= 4 is 95.3 Å². The van der Waals surface area contributed by atoms with Crippen molar-refractivity contribution in [3.63, 3.8) is 0 Å². The Kier molecular flexibility index (Phi) is 6.09. The Labute approximate surface area is 297 Å². The van der Waals surface area contributed by atoms with E-state index in [1.54, 1.807) is 0 Å². The molecule has 0 radical (unpaired) electrons. The summed E-state index contributed by atoms with van der Waals surface area (Å²) in [5, 5.41) is 13.0. The molecule has 0 amide bonds. The molecule has 0 aliphatic heterocycles. The van der Waals surface area contributed by atoms with Crippen LogP contribution in [0.3, 0.4) is 0 Å². The molecule has 9 aromatic carbocycles. The molecule has 0 aliphatic rings. The summed E-state index contributed by atoms with van der Waals surface area (Å²) >= 11 is 3.84. The molecule has 11 rings (SSSR count). The molecule has 0 unspecified atom stereocenters. The molecule has 0 N–H and O–H groups in total. The highest BCUT2D eigenvalue weighted by Crippen LogP contribution is 2.49. The van der Waals surface area contributed by atoms with Gasteiger partial charge in [-0.05, 0) is 90.5 Å². The van der Waals surface area contributed by atoms with Crippen LogP contribution >= 0.6 is 22.7 Å². The summed E-state index contributed by atoms with van der Waals surface area (Å²) in [5.41, 5.74) is 7.73. The summed E-state index contributed by atoms with van der Waals surface area (Å²) < 4.78 is 5.43. The molecule has 0 saturated heterocycles. The average Bonchev–Trinajstić information content (AvgIpc) is 3.74. The van der Waals surface area contributed by atoms with Crippen molar-refractivity contribution < 1.29 is 0 Å². The monoisotopic (exact) mass is 668 g/mol. The first-order chi connectivity index (χ1) is 24.8. The maximum absolute atomic E-state index is 2.44. The van der Waals surface area contributed by atoms with Gasteiger partial charge in [0.25, 0.3) is 0 Å². The highest BCUT2D eigenvalue weighted by atomic mass is 32.1. The van der Waals surface area contributed by atoms with Crippen LogP contribution < -0.4 is 0 Å². The summed E-state index contributed by atoms with van der Waals surface area (Å²) in [4.78, 5) is 0. The van der Waals surface area contributed by atoms with Crippen LogP contribution in [-0.4, -0.2) is 0 Å². The predicted octanol–water partition coefficient (Wildman–Crippen LogP) is 14.9. The van der Waals surface area contributed by atoms with E-state index in [4.69, 9.17) is 0 Å². The second-order valence-corrected chi connectivity index (χ2v) is 15.3. The molecular weight excluding hydrogens is 641 g/mol. The zero-order valence-electron chi connectivity index (χ0n) is 27.0. The molecule has 0 nitrogen and oxygen atoms in total. The molecule has 0 saturated carbocycles. The van der Waals surface area contributed by atoms with Gasteiger partial charge in [-0.3, -0.25) is 0 Å². The van der Waals surface area contributed by atoms with Gasteiger partial charge in [-0.25, -0.2) is 0 Å². The van der Waals surface area contributed by atoms with Crippen LogP contribution in [-0.2, 0) is 0 Å². The van der Waals surface area contributed by atoms with Crippen LogP contribution in [0.15, 0.2) is 170 Å². The Morgan fingerprint density at radius 3 is 1.16 bits per heavy atom. The lowest BCUT2D eigenvalue weighted by Gasteiger charge is -2.18. The first-order valence-corrected chi connectivity index (χ1v) is 18.7. The lowest BCUT2D eigenvalue weighted by Crippen LogP contribution is -1.91. The Morgan fingerprint density at radius 1 is 0.260 bits per heavy atom. The van der Waals surface area contributed by atoms with E-state index in [0.717, 1.165) is 0 Å². The minimum atomic E-state index is 1.25. The van der Waals surface area contributed by atoms with Crippen molar-refractivity contribution in [2.45, 2.75) is 0 Å². The van der Waals surface area contributed by atoms with E-state index in [9.17, 15) is 0 Å². The molecule has 2 aromatic heterocycles. The molecule has 0 bridgehead atoms. The van der Waals surface area contributed by atoms with Crippen molar-refractivity contribution in [2.75, 3.05) is 0 Å². The normalized spacial score (nSPS) is 12.0. The summed E-state index contributed by atoms with van der Waals surface area (Å²) in [6, 6.07) is 63.0. The quantitative estimate of drug-likeness (QED) is 0.164. The van der Waals surface area contributed by atoms with Crippen LogP contribution in [0.2, 0.25) is 0 Å². The third kappa shape index (κ3) is 4.10. The van der Waals surface area contributed by atoms with Gasteiger partial charge in [-0.15, -0.1) is 22.7 Å². The van der Waals surface area contributed by atoms with Crippen LogP contribution in [0.5, 0.6) is 0 Å². The van der Waals surface area contributed by atoms with Gasteiger partial charge in [0, 0.05) is 45.9 Å². The topological polar surface area (TPSA) is 0 Å². The molecule has 50 heavy (non-hydrogen) atoms. The highest BCUT2D eigenvalue weighted by Gasteiger charge is 2.20. The molecule has 2 heteroatoms. The number of rotatable bonds is 3. The van der Waals surface area contributed by atoms with Gasteiger partial charge in [0.1, 0.15) is 0 Å². The van der Waals surface area contributed by atoms with Gasteiger partial charge in [0.15, 0.2) is 0 Å². The molecular formula is C48H28S2. The lowest BCUT2D eigenvalue weighted by molar-refractivity contribution is 1.66. The Bertz CT molecular complexity index is 3000. The van der Waals surface area contributed by atoms with Crippen LogP contribution in [0.4, 0.5) is 0 Å². The number of hydrogen-bond acceptors (Lipinski definition) is 2. The molecule has 0 fully saturated rings. The minimum absolute atomic E-state index is 1.25. The zero-order chi connectivity index (χ0) is 32.8. The largest absolute Gasteiger partial charge is 0.134 e. The molecule has 0 aliphatic carbocycles. The summed E-state index contributed by atoms with van der Waals surface area (Å²) in [6.07, 6.45) is 0. The molecule has 0 spiro atoms. The SMILES string of the molecule is c1ccc(-c2c3ccccc3c(-c3ccc4cc(-c5c6sc7ccccc7c6cc6c5sc5ccccc56)ccc4c3)c3ccccc23)cc1. The van der Waals surface area contributed by atoms with Crippen molar-refractivity contribution in [2.24, 2.45) is 0 Å². The van der Waals surface area contributed by atoms with Gasteiger partial charge in [-0.1, -0.05) is 140 Å². The third-order valence-corrected chi connectivity index (χ3v) is 12.8.